The number of nitrogens with zero attached hydrogens (tertiary/aromatic N) is 3. The minimum atomic E-state index is -0.336. The molecule has 212 valence electrons. The minimum Gasteiger partial charge on any atom is -0.362 e. The summed E-state index contributed by atoms with van der Waals surface area (Å²) in [6.07, 6.45) is 3.57. The largest absolute Gasteiger partial charge is 0.362 e. The molecule has 1 aromatic heterocycles. The van der Waals surface area contributed by atoms with Gasteiger partial charge in [0.1, 0.15) is 5.82 Å². The van der Waals surface area contributed by atoms with Crippen LogP contribution in [0.25, 0.3) is 10.9 Å². The number of amides is 2. The lowest BCUT2D eigenvalue weighted by Crippen LogP contribution is -2.41. The number of benzene rings is 3. The molecule has 1 aliphatic carbocycles. The molecule has 1 fully saturated rings. The number of hydrogen-bond acceptors (Lipinski definition) is 6. The summed E-state index contributed by atoms with van der Waals surface area (Å²) in [5.41, 5.74) is 2.43. The fourth-order valence-electron chi connectivity index (χ4n) is 5.16. The molecule has 0 unspecified atom stereocenters. The molecule has 10 heteroatoms. The molecular formula is C31H32Cl2N6O2. The summed E-state index contributed by atoms with van der Waals surface area (Å²) in [6, 6.07) is 20.3. The van der Waals surface area contributed by atoms with Crippen molar-refractivity contribution in [1.29, 1.82) is 0 Å². The Morgan fingerprint density at radius 2 is 1.61 bits per heavy atom. The van der Waals surface area contributed by atoms with Crippen molar-refractivity contribution < 1.29 is 9.59 Å². The molecule has 3 N–H and O–H groups in total. The summed E-state index contributed by atoms with van der Waals surface area (Å²) in [7, 11) is 3.96. The standard InChI is InChI=1S/C31H32Cl2N6O2/c1-39(2)29-24-9-5-6-10-26(24)37-31(38-29)35-22-14-12-21(13-15-22)34-28(40)17-19-7-3-4-8-23(19)30(41)36-27-16-11-20(32)18-25(27)33/h3-11,16,18,21-22H,12-15,17H2,1-2H3,(H,34,40)(H,36,41)(H,35,37,38)/t21-,22+. The Kier molecular flexibility index (Phi) is 8.90. The van der Waals surface area contributed by atoms with Crippen LogP contribution in [-0.4, -0.2) is 48.0 Å². The van der Waals surface area contributed by atoms with Gasteiger partial charge in [-0.25, -0.2) is 4.98 Å². The zero-order chi connectivity index (χ0) is 28.9. The Balaban J connectivity index is 1.16. The number of nitrogens with one attached hydrogen (secondary N) is 3. The van der Waals surface area contributed by atoms with Crippen LogP contribution in [0.4, 0.5) is 17.5 Å². The normalized spacial score (nSPS) is 16.7. The fraction of sp³-hybridized carbons (Fsp3) is 0.290. The van der Waals surface area contributed by atoms with Crippen LogP contribution >= 0.6 is 23.2 Å². The summed E-state index contributed by atoms with van der Waals surface area (Å²) in [6.45, 7) is 0. The van der Waals surface area contributed by atoms with Crippen molar-refractivity contribution >= 4 is 63.4 Å². The van der Waals surface area contributed by atoms with E-state index in [0.29, 0.717) is 32.8 Å². The van der Waals surface area contributed by atoms with Crippen molar-refractivity contribution in [2.45, 2.75) is 44.2 Å². The first-order chi connectivity index (χ1) is 19.8. The average molecular weight is 592 g/mol. The van der Waals surface area contributed by atoms with Gasteiger partial charge in [0, 0.05) is 42.2 Å². The van der Waals surface area contributed by atoms with E-state index in [1.165, 1.54) is 0 Å². The zero-order valence-electron chi connectivity index (χ0n) is 23.0. The van der Waals surface area contributed by atoms with Crippen molar-refractivity contribution in [1.82, 2.24) is 15.3 Å². The highest BCUT2D eigenvalue weighted by atomic mass is 35.5. The number of aromatic nitrogens is 2. The lowest BCUT2D eigenvalue weighted by molar-refractivity contribution is -0.121. The molecule has 3 aromatic carbocycles. The Labute approximate surface area is 249 Å². The highest BCUT2D eigenvalue weighted by Gasteiger charge is 2.24. The van der Waals surface area contributed by atoms with E-state index in [9.17, 15) is 9.59 Å². The van der Waals surface area contributed by atoms with Gasteiger partial charge in [0.05, 0.1) is 22.6 Å². The summed E-state index contributed by atoms with van der Waals surface area (Å²) < 4.78 is 0. The molecular weight excluding hydrogens is 559 g/mol. The van der Waals surface area contributed by atoms with Crippen LogP contribution in [0.2, 0.25) is 10.0 Å². The summed E-state index contributed by atoms with van der Waals surface area (Å²) >= 11 is 12.2. The molecule has 4 aromatic rings. The smallest absolute Gasteiger partial charge is 0.255 e. The van der Waals surface area contributed by atoms with Crippen LogP contribution in [0.5, 0.6) is 0 Å². The van der Waals surface area contributed by atoms with Gasteiger partial charge in [-0.15, -0.1) is 0 Å². The van der Waals surface area contributed by atoms with Gasteiger partial charge in [-0.05, 0) is 67.6 Å². The van der Waals surface area contributed by atoms with Gasteiger partial charge in [0.25, 0.3) is 5.91 Å². The number of hydrogen-bond donors (Lipinski definition) is 3. The number of para-hydroxylation sites is 1. The summed E-state index contributed by atoms with van der Waals surface area (Å²) in [5.74, 6) is 1.05. The quantitative estimate of drug-likeness (QED) is 0.221. The molecule has 2 amide bonds. The van der Waals surface area contributed by atoms with Crippen LogP contribution in [-0.2, 0) is 11.2 Å². The summed E-state index contributed by atoms with van der Waals surface area (Å²) in [4.78, 5) is 37.5. The van der Waals surface area contributed by atoms with E-state index < -0.39 is 0 Å². The zero-order valence-corrected chi connectivity index (χ0v) is 24.5. The third kappa shape index (κ3) is 7.07. The fourth-order valence-corrected chi connectivity index (χ4v) is 5.61. The Bertz CT molecular complexity index is 1570. The first-order valence-electron chi connectivity index (χ1n) is 13.6. The van der Waals surface area contributed by atoms with Crippen LogP contribution in [0.15, 0.2) is 66.7 Å². The maximum Gasteiger partial charge on any atom is 0.255 e. The first kappa shape index (κ1) is 28.6. The third-order valence-corrected chi connectivity index (χ3v) is 7.77. The topological polar surface area (TPSA) is 99.3 Å². The molecule has 0 bridgehead atoms. The van der Waals surface area contributed by atoms with E-state index in [4.69, 9.17) is 33.2 Å². The SMILES string of the molecule is CN(C)c1nc(N[C@H]2CC[C@@H](NC(=O)Cc3ccccc3C(=O)Nc3ccc(Cl)cc3Cl)CC2)nc2ccccc12. The van der Waals surface area contributed by atoms with Crippen molar-refractivity contribution in [3.63, 3.8) is 0 Å². The van der Waals surface area contributed by atoms with Crippen molar-refractivity contribution in [2.75, 3.05) is 29.6 Å². The highest BCUT2D eigenvalue weighted by molar-refractivity contribution is 6.36. The van der Waals surface area contributed by atoms with Crippen LogP contribution in [0, 0.1) is 0 Å². The number of fused-ring (bicyclic) bond motifs is 1. The predicted octanol–water partition coefficient (Wildman–Crippen LogP) is 6.34. The van der Waals surface area contributed by atoms with Gasteiger partial charge < -0.3 is 20.9 Å². The Hall–Kier alpha value is -3.88. The van der Waals surface area contributed by atoms with E-state index in [2.05, 4.69) is 16.0 Å². The molecule has 0 spiro atoms. The molecule has 8 nitrogen and oxygen atoms in total. The minimum absolute atomic E-state index is 0.0734. The lowest BCUT2D eigenvalue weighted by atomic mass is 9.91. The third-order valence-electron chi connectivity index (χ3n) is 7.22. The first-order valence-corrected chi connectivity index (χ1v) is 14.4. The molecule has 0 aliphatic heterocycles. The molecule has 5 rings (SSSR count). The predicted molar refractivity (Wildman–Crippen MR) is 166 cm³/mol. The maximum absolute atomic E-state index is 13.0. The van der Waals surface area contributed by atoms with Gasteiger partial charge in [0.2, 0.25) is 11.9 Å². The van der Waals surface area contributed by atoms with E-state index in [1.54, 1.807) is 36.4 Å². The molecule has 41 heavy (non-hydrogen) atoms. The number of anilines is 3. The number of carbonyl (C=O) groups excluding carboxylic acids is 2. The maximum atomic E-state index is 13.0. The molecule has 0 saturated heterocycles. The van der Waals surface area contributed by atoms with E-state index in [0.717, 1.165) is 42.4 Å². The van der Waals surface area contributed by atoms with Crippen molar-refractivity contribution in [2.24, 2.45) is 0 Å². The van der Waals surface area contributed by atoms with Gasteiger partial charge in [-0.2, -0.15) is 4.98 Å². The van der Waals surface area contributed by atoms with Crippen LogP contribution in [0.1, 0.15) is 41.6 Å². The summed E-state index contributed by atoms with van der Waals surface area (Å²) in [5, 5.41) is 11.3. The number of halogens is 2. The van der Waals surface area contributed by atoms with E-state index in [-0.39, 0.29) is 30.3 Å². The van der Waals surface area contributed by atoms with E-state index >= 15 is 0 Å². The molecule has 0 atom stereocenters. The highest BCUT2D eigenvalue weighted by Crippen LogP contribution is 2.28. The number of carbonyl (C=O) groups is 2. The Morgan fingerprint density at radius 3 is 2.37 bits per heavy atom. The number of rotatable bonds is 8. The molecule has 1 saturated carbocycles. The van der Waals surface area contributed by atoms with Gasteiger partial charge in [-0.1, -0.05) is 53.5 Å². The van der Waals surface area contributed by atoms with E-state index in [1.807, 2.05) is 49.3 Å². The van der Waals surface area contributed by atoms with Crippen LogP contribution < -0.4 is 20.9 Å². The average Bonchev–Trinajstić information content (AvgIpc) is 2.95. The van der Waals surface area contributed by atoms with Crippen LogP contribution in [0.3, 0.4) is 0 Å². The second-order valence-electron chi connectivity index (χ2n) is 10.5. The van der Waals surface area contributed by atoms with Gasteiger partial charge in [-0.3, -0.25) is 9.59 Å². The molecule has 0 radical (unpaired) electrons. The van der Waals surface area contributed by atoms with Gasteiger partial charge >= 0.3 is 0 Å². The van der Waals surface area contributed by atoms with Crippen molar-refractivity contribution in [3.05, 3.63) is 87.9 Å². The molecule has 1 heterocycles. The van der Waals surface area contributed by atoms with Crippen molar-refractivity contribution in [3.8, 4) is 0 Å². The Morgan fingerprint density at radius 1 is 0.902 bits per heavy atom. The molecule has 1 aliphatic rings. The second kappa shape index (κ2) is 12.7. The second-order valence-corrected chi connectivity index (χ2v) is 11.3. The monoisotopic (exact) mass is 590 g/mol. The lowest BCUT2D eigenvalue weighted by Gasteiger charge is -2.30. The van der Waals surface area contributed by atoms with Gasteiger partial charge in [0.15, 0.2) is 0 Å².